The SMILES string of the molecule is C[C@H]1CCCN(S(=O)(=O)c2ccc3c(c2)nc(SCc2cccc(F)c2F)n3C[C@@H]2CCCO2)C1. The lowest BCUT2D eigenvalue weighted by Gasteiger charge is -2.30. The number of sulfonamides is 1. The highest BCUT2D eigenvalue weighted by molar-refractivity contribution is 7.98. The minimum absolute atomic E-state index is 0.0379. The smallest absolute Gasteiger partial charge is 0.243 e. The molecule has 2 fully saturated rings. The van der Waals surface area contributed by atoms with E-state index in [-0.39, 0.29) is 22.3 Å². The summed E-state index contributed by atoms with van der Waals surface area (Å²) >= 11 is 1.30. The summed E-state index contributed by atoms with van der Waals surface area (Å²) in [5.74, 6) is -1.20. The third kappa shape index (κ3) is 5.12. The highest BCUT2D eigenvalue weighted by Gasteiger charge is 2.29. The van der Waals surface area contributed by atoms with E-state index in [4.69, 9.17) is 9.72 Å². The molecule has 0 bridgehead atoms. The summed E-state index contributed by atoms with van der Waals surface area (Å²) in [6.45, 7) is 4.40. The summed E-state index contributed by atoms with van der Waals surface area (Å²) in [5.41, 5.74) is 1.62. The van der Waals surface area contributed by atoms with Gasteiger partial charge in [0.25, 0.3) is 0 Å². The average Bonchev–Trinajstić information content (AvgIpc) is 3.48. The maximum absolute atomic E-state index is 14.2. The lowest BCUT2D eigenvalue weighted by molar-refractivity contribution is 0.0960. The molecule has 3 heterocycles. The fraction of sp³-hybridized carbons (Fsp3) is 0.480. The summed E-state index contributed by atoms with van der Waals surface area (Å²) in [4.78, 5) is 4.96. The van der Waals surface area contributed by atoms with Crippen molar-refractivity contribution in [3.63, 3.8) is 0 Å². The van der Waals surface area contributed by atoms with E-state index in [1.165, 1.54) is 17.8 Å². The Bertz CT molecular complexity index is 1320. The van der Waals surface area contributed by atoms with Crippen LogP contribution in [-0.4, -0.2) is 48.1 Å². The Morgan fingerprint density at radius 1 is 1.17 bits per heavy atom. The molecule has 5 rings (SSSR count). The maximum atomic E-state index is 14.2. The summed E-state index contributed by atoms with van der Waals surface area (Å²) in [7, 11) is -3.62. The van der Waals surface area contributed by atoms with Crippen LogP contribution in [0.1, 0.15) is 38.2 Å². The van der Waals surface area contributed by atoms with Crippen molar-refractivity contribution in [2.75, 3.05) is 19.7 Å². The fourth-order valence-electron chi connectivity index (χ4n) is 4.84. The molecule has 2 saturated heterocycles. The molecule has 0 amide bonds. The first-order valence-electron chi connectivity index (χ1n) is 12.0. The number of imidazole rings is 1. The summed E-state index contributed by atoms with van der Waals surface area (Å²) in [6, 6.07) is 9.21. The van der Waals surface area contributed by atoms with E-state index in [1.54, 1.807) is 28.6 Å². The molecule has 0 radical (unpaired) electrons. The molecule has 0 unspecified atom stereocenters. The zero-order valence-corrected chi connectivity index (χ0v) is 21.3. The second kappa shape index (κ2) is 10.2. The van der Waals surface area contributed by atoms with Crippen LogP contribution in [0.15, 0.2) is 46.5 Å². The minimum atomic E-state index is -3.62. The standard InChI is InChI=1S/C25H29F2N3O3S2/c1-17-5-3-11-29(14-17)35(31,32)20-9-10-23-22(13-20)28-25(30(23)15-19-7-4-12-33-19)34-16-18-6-2-8-21(26)24(18)27/h2,6,8-10,13,17,19H,3-5,7,11-12,14-16H2,1H3/t17-,19-/m0/s1. The van der Waals surface area contributed by atoms with Crippen LogP contribution in [0.3, 0.4) is 0 Å². The number of thioether (sulfide) groups is 1. The van der Waals surface area contributed by atoms with Crippen LogP contribution >= 0.6 is 11.8 Å². The largest absolute Gasteiger partial charge is 0.376 e. The van der Waals surface area contributed by atoms with Gasteiger partial charge >= 0.3 is 0 Å². The van der Waals surface area contributed by atoms with Crippen LogP contribution in [0.2, 0.25) is 0 Å². The van der Waals surface area contributed by atoms with Crippen LogP contribution in [0.25, 0.3) is 11.0 Å². The van der Waals surface area contributed by atoms with Gasteiger partial charge in [0.15, 0.2) is 16.8 Å². The van der Waals surface area contributed by atoms with Crippen molar-refractivity contribution in [1.82, 2.24) is 13.9 Å². The highest BCUT2D eigenvalue weighted by Crippen LogP contribution is 2.32. The molecule has 3 aromatic rings. The lowest BCUT2D eigenvalue weighted by Crippen LogP contribution is -2.39. The van der Waals surface area contributed by atoms with E-state index in [0.717, 1.165) is 37.3 Å². The minimum Gasteiger partial charge on any atom is -0.376 e. The number of ether oxygens (including phenoxy) is 1. The van der Waals surface area contributed by atoms with Crippen LogP contribution in [0, 0.1) is 17.6 Å². The van der Waals surface area contributed by atoms with Gasteiger partial charge in [0, 0.05) is 31.0 Å². The topological polar surface area (TPSA) is 64.4 Å². The molecule has 1 aromatic heterocycles. The molecule has 0 spiro atoms. The van der Waals surface area contributed by atoms with Crippen molar-refractivity contribution in [2.45, 2.75) is 61.1 Å². The van der Waals surface area contributed by atoms with Crippen LogP contribution in [-0.2, 0) is 27.1 Å². The maximum Gasteiger partial charge on any atom is 0.243 e. The third-order valence-electron chi connectivity index (χ3n) is 6.74. The number of rotatable bonds is 7. The van der Waals surface area contributed by atoms with Gasteiger partial charge in [-0.25, -0.2) is 22.2 Å². The van der Waals surface area contributed by atoms with Gasteiger partial charge in [-0.15, -0.1) is 0 Å². The van der Waals surface area contributed by atoms with E-state index in [9.17, 15) is 17.2 Å². The van der Waals surface area contributed by atoms with Gasteiger partial charge in [0.1, 0.15) is 0 Å². The first kappa shape index (κ1) is 24.7. The number of hydrogen-bond donors (Lipinski definition) is 0. The van der Waals surface area contributed by atoms with E-state index in [2.05, 4.69) is 6.92 Å². The molecule has 0 saturated carbocycles. The quantitative estimate of drug-likeness (QED) is 0.400. The third-order valence-corrected chi connectivity index (χ3v) is 9.63. The van der Waals surface area contributed by atoms with Gasteiger partial charge in [-0.3, -0.25) is 0 Å². The molecule has 0 N–H and O–H groups in total. The van der Waals surface area contributed by atoms with Crippen molar-refractivity contribution >= 4 is 32.8 Å². The Hall–Kier alpha value is -2.01. The second-order valence-electron chi connectivity index (χ2n) is 9.40. The molecule has 188 valence electrons. The molecule has 2 aliphatic rings. The van der Waals surface area contributed by atoms with Crippen LogP contribution < -0.4 is 0 Å². The monoisotopic (exact) mass is 521 g/mol. The summed E-state index contributed by atoms with van der Waals surface area (Å²) in [5, 5.41) is 0.625. The Balaban J connectivity index is 1.48. The van der Waals surface area contributed by atoms with E-state index < -0.39 is 21.7 Å². The predicted octanol–water partition coefficient (Wildman–Crippen LogP) is 5.21. The van der Waals surface area contributed by atoms with Crippen molar-refractivity contribution in [2.24, 2.45) is 5.92 Å². The van der Waals surface area contributed by atoms with E-state index in [0.29, 0.717) is 42.8 Å². The number of fused-ring (bicyclic) bond motifs is 1. The predicted molar refractivity (Wildman–Crippen MR) is 132 cm³/mol. The molecule has 2 aromatic carbocycles. The van der Waals surface area contributed by atoms with Gasteiger partial charge in [0.05, 0.1) is 28.6 Å². The Labute approximate surface area is 208 Å². The van der Waals surface area contributed by atoms with Crippen molar-refractivity contribution in [1.29, 1.82) is 0 Å². The number of hydrogen-bond acceptors (Lipinski definition) is 5. The summed E-state index contributed by atoms with van der Waals surface area (Å²) < 4.78 is 63.9. The molecule has 2 aliphatic heterocycles. The number of halogens is 2. The molecular formula is C25H29F2N3O3S2. The molecule has 6 nitrogen and oxygen atoms in total. The van der Waals surface area contributed by atoms with Crippen LogP contribution in [0.5, 0.6) is 0 Å². The summed E-state index contributed by atoms with van der Waals surface area (Å²) in [6.07, 6.45) is 3.85. The molecule has 0 aliphatic carbocycles. The second-order valence-corrected chi connectivity index (χ2v) is 12.3. The first-order chi connectivity index (χ1) is 16.8. The average molecular weight is 522 g/mol. The highest BCUT2D eigenvalue weighted by atomic mass is 32.2. The van der Waals surface area contributed by atoms with Gasteiger partial charge < -0.3 is 9.30 Å². The van der Waals surface area contributed by atoms with Crippen LogP contribution in [0.4, 0.5) is 8.78 Å². The van der Waals surface area contributed by atoms with Gasteiger partial charge in [-0.05, 0) is 55.9 Å². The number of nitrogens with zero attached hydrogens (tertiary/aromatic N) is 3. The van der Waals surface area contributed by atoms with Crippen molar-refractivity contribution < 1.29 is 21.9 Å². The van der Waals surface area contributed by atoms with Crippen molar-refractivity contribution in [3.05, 3.63) is 53.6 Å². The molecular weight excluding hydrogens is 492 g/mol. The number of aromatic nitrogens is 2. The van der Waals surface area contributed by atoms with E-state index >= 15 is 0 Å². The van der Waals surface area contributed by atoms with Gasteiger partial charge in [0.2, 0.25) is 10.0 Å². The Morgan fingerprint density at radius 3 is 2.80 bits per heavy atom. The molecule has 2 atom stereocenters. The number of benzene rings is 2. The zero-order chi connectivity index (χ0) is 24.6. The Kier molecular flexibility index (Phi) is 7.16. The normalized spacial score (nSPS) is 21.7. The zero-order valence-electron chi connectivity index (χ0n) is 19.6. The fourth-order valence-corrected chi connectivity index (χ4v) is 7.46. The van der Waals surface area contributed by atoms with Gasteiger partial charge in [-0.1, -0.05) is 30.8 Å². The van der Waals surface area contributed by atoms with E-state index in [1.807, 2.05) is 4.57 Å². The lowest BCUT2D eigenvalue weighted by atomic mass is 10.0. The van der Waals surface area contributed by atoms with Crippen molar-refractivity contribution in [3.8, 4) is 0 Å². The molecule has 35 heavy (non-hydrogen) atoms. The molecule has 10 heteroatoms. The number of piperidine rings is 1. The van der Waals surface area contributed by atoms with Gasteiger partial charge in [-0.2, -0.15) is 4.31 Å². The Morgan fingerprint density at radius 2 is 2.03 bits per heavy atom. The first-order valence-corrected chi connectivity index (χ1v) is 14.4.